The van der Waals surface area contributed by atoms with E-state index in [1.165, 1.54) is 57.5 Å². The Hall–Kier alpha value is 0.270. The fourth-order valence-electron chi connectivity index (χ4n) is 3.74. The van der Waals surface area contributed by atoms with E-state index in [9.17, 15) is 0 Å². The number of hydrogen-bond donors (Lipinski definition) is 1. The lowest BCUT2D eigenvalue weighted by Gasteiger charge is -2.40. The molecule has 1 heterocycles. The maximum Gasteiger partial charge on any atom is 0.0231 e. The summed E-state index contributed by atoms with van der Waals surface area (Å²) in [5.74, 6) is 2.19. The molecular formula is C16H32N2S. The third-order valence-corrected chi connectivity index (χ3v) is 5.92. The number of rotatable bonds is 4. The lowest BCUT2D eigenvalue weighted by Crippen LogP contribution is -2.48. The highest BCUT2D eigenvalue weighted by Gasteiger charge is 2.30. The molecule has 1 aliphatic carbocycles. The Labute approximate surface area is 124 Å². The fourth-order valence-corrected chi connectivity index (χ4v) is 4.91. The second-order valence-electron chi connectivity index (χ2n) is 6.91. The van der Waals surface area contributed by atoms with Crippen molar-refractivity contribution in [2.45, 2.75) is 63.7 Å². The molecule has 2 unspecified atom stereocenters. The number of nitrogens with zero attached hydrogens (tertiary/aromatic N) is 1. The summed E-state index contributed by atoms with van der Waals surface area (Å²) in [5, 5.41) is 3.75. The minimum atomic E-state index is 0.455. The van der Waals surface area contributed by atoms with Gasteiger partial charge in [0.1, 0.15) is 0 Å². The molecule has 2 fully saturated rings. The van der Waals surface area contributed by atoms with Crippen LogP contribution < -0.4 is 5.32 Å². The molecule has 2 atom stereocenters. The first-order valence-electron chi connectivity index (χ1n) is 8.20. The SMILES string of the molecule is CCNC1CCCCCC1CN1CCSC(C)(C)C1. The van der Waals surface area contributed by atoms with E-state index in [0.717, 1.165) is 18.5 Å². The van der Waals surface area contributed by atoms with E-state index >= 15 is 0 Å². The molecule has 2 aliphatic rings. The summed E-state index contributed by atoms with van der Waals surface area (Å²) in [6, 6.07) is 0.769. The second kappa shape index (κ2) is 7.33. The van der Waals surface area contributed by atoms with Gasteiger partial charge in [-0.1, -0.05) is 26.2 Å². The highest BCUT2D eigenvalue weighted by molar-refractivity contribution is 8.00. The van der Waals surface area contributed by atoms with Gasteiger partial charge in [-0.3, -0.25) is 0 Å². The molecule has 2 rings (SSSR count). The Morgan fingerprint density at radius 3 is 2.74 bits per heavy atom. The third-order valence-electron chi connectivity index (χ3n) is 4.62. The van der Waals surface area contributed by atoms with Gasteiger partial charge in [0.15, 0.2) is 0 Å². The first-order chi connectivity index (χ1) is 9.11. The van der Waals surface area contributed by atoms with E-state index in [2.05, 4.69) is 42.7 Å². The van der Waals surface area contributed by atoms with Gasteiger partial charge >= 0.3 is 0 Å². The largest absolute Gasteiger partial charge is 0.314 e. The summed E-state index contributed by atoms with van der Waals surface area (Å²) in [5.41, 5.74) is 0. The molecule has 0 aromatic heterocycles. The summed E-state index contributed by atoms with van der Waals surface area (Å²) >= 11 is 2.14. The summed E-state index contributed by atoms with van der Waals surface area (Å²) in [7, 11) is 0. The topological polar surface area (TPSA) is 15.3 Å². The zero-order valence-corrected chi connectivity index (χ0v) is 13.9. The van der Waals surface area contributed by atoms with Crippen molar-refractivity contribution in [1.29, 1.82) is 0 Å². The van der Waals surface area contributed by atoms with Crippen molar-refractivity contribution in [2.75, 3.05) is 31.9 Å². The maximum atomic E-state index is 3.75. The van der Waals surface area contributed by atoms with Crippen molar-refractivity contribution >= 4 is 11.8 Å². The Morgan fingerprint density at radius 2 is 2.00 bits per heavy atom. The lowest BCUT2D eigenvalue weighted by atomic mass is 9.93. The molecule has 0 bridgehead atoms. The number of nitrogens with one attached hydrogen (secondary N) is 1. The van der Waals surface area contributed by atoms with Crippen LogP contribution in [0.15, 0.2) is 0 Å². The van der Waals surface area contributed by atoms with Crippen LogP contribution in [0.5, 0.6) is 0 Å². The van der Waals surface area contributed by atoms with Crippen molar-refractivity contribution < 1.29 is 0 Å². The van der Waals surface area contributed by atoms with Crippen LogP contribution in [0.2, 0.25) is 0 Å². The number of hydrogen-bond acceptors (Lipinski definition) is 3. The van der Waals surface area contributed by atoms with Crippen LogP contribution >= 0.6 is 11.8 Å². The van der Waals surface area contributed by atoms with Gasteiger partial charge in [0.05, 0.1) is 0 Å². The first-order valence-corrected chi connectivity index (χ1v) is 9.19. The van der Waals surface area contributed by atoms with Crippen molar-refractivity contribution in [1.82, 2.24) is 10.2 Å². The van der Waals surface area contributed by atoms with Crippen molar-refractivity contribution in [3.8, 4) is 0 Å². The van der Waals surface area contributed by atoms with Gasteiger partial charge in [-0.05, 0) is 39.2 Å². The molecule has 3 heteroatoms. The highest BCUT2D eigenvalue weighted by Crippen LogP contribution is 2.31. The molecule has 0 amide bonds. The van der Waals surface area contributed by atoms with Crippen molar-refractivity contribution in [3.05, 3.63) is 0 Å². The molecule has 1 N–H and O–H groups in total. The van der Waals surface area contributed by atoms with Gasteiger partial charge in [0.2, 0.25) is 0 Å². The van der Waals surface area contributed by atoms with E-state index in [0.29, 0.717) is 4.75 Å². The monoisotopic (exact) mass is 284 g/mol. The number of thioether (sulfide) groups is 1. The van der Waals surface area contributed by atoms with Crippen LogP contribution in [0.25, 0.3) is 0 Å². The molecule has 1 aliphatic heterocycles. The molecule has 1 saturated heterocycles. The van der Waals surface area contributed by atoms with Gasteiger partial charge in [-0.2, -0.15) is 11.8 Å². The van der Waals surface area contributed by atoms with Crippen LogP contribution in [0.3, 0.4) is 0 Å². The van der Waals surface area contributed by atoms with Gasteiger partial charge in [-0.25, -0.2) is 0 Å². The molecule has 112 valence electrons. The minimum absolute atomic E-state index is 0.455. The molecule has 2 nitrogen and oxygen atoms in total. The Bertz CT molecular complexity index is 267. The standard InChI is InChI=1S/C16H32N2S/c1-4-17-15-9-7-5-6-8-14(15)12-18-10-11-19-16(2,3)13-18/h14-15,17H,4-13H2,1-3H3. The van der Waals surface area contributed by atoms with Crippen LogP contribution in [0.1, 0.15) is 52.9 Å². The smallest absolute Gasteiger partial charge is 0.0231 e. The van der Waals surface area contributed by atoms with E-state index in [-0.39, 0.29) is 0 Å². The van der Waals surface area contributed by atoms with E-state index in [4.69, 9.17) is 0 Å². The second-order valence-corrected chi connectivity index (χ2v) is 8.71. The fraction of sp³-hybridized carbons (Fsp3) is 1.00. The molecular weight excluding hydrogens is 252 g/mol. The Morgan fingerprint density at radius 1 is 1.21 bits per heavy atom. The summed E-state index contributed by atoms with van der Waals surface area (Å²) in [6.45, 7) is 12.1. The average Bonchev–Trinajstić information content (AvgIpc) is 2.55. The molecule has 0 radical (unpaired) electrons. The summed E-state index contributed by atoms with van der Waals surface area (Å²) < 4.78 is 0.455. The van der Waals surface area contributed by atoms with Crippen LogP contribution in [-0.2, 0) is 0 Å². The van der Waals surface area contributed by atoms with E-state index in [1.54, 1.807) is 0 Å². The molecule has 0 aromatic rings. The third kappa shape index (κ3) is 4.95. The van der Waals surface area contributed by atoms with E-state index in [1.807, 2.05) is 0 Å². The predicted octanol–water partition coefficient (Wildman–Crippen LogP) is 3.37. The molecule has 0 spiro atoms. The van der Waals surface area contributed by atoms with E-state index < -0.39 is 0 Å². The Balaban J connectivity index is 1.90. The summed E-state index contributed by atoms with van der Waals surface area (Å²) in [6.07, 6.45) is 7.14. The molecule has 0 aromatic carbocycles. The summed E-state index contributed by atoms with van der Waals surface area (Å²) in [4.78, 5) is 2.73. The zero-order valence-electron chi connectivity index (χ0n) is 13.1. The van der Waals surface area contributed by atoms with Crippen LogP contribution in [0, 0.1) is 5.92 Å². The normalized spacial score (nSPS) is 33.0. The predicted molar refractivity (Wildman–Crippen MR) is 87.0 cm³/mol. The molecule has 1 saturated carbocycles. The lowest BCUT2D eigenvalue weighted by molar-refractivity contribution is 0.188. The van der Waals surface area contributed by atoms with Crippen LogP contribution in [0.4, 0.5) is 0 Å². The average molecular weight is 285 g/mol. The van der Waals surface area contributed by atoms with Crippen molar-refractivity contribution in [2.24, 2.45) is 5.92 Å². The van der Waals surface area contributed by atoms with Crippen LogP contribution in [-0.4, -0.2) is 47.6 Å². The van der Waals surface area contributed by atoms with Gasteiger partial charge in [-0.15, -0.1) is 0 Å². The zero-order chi connectivity index (χ0) is 13.7. The van der Waals surface area contributed by atoms with Gasteiger partial charge in [0, 0.05) is 36.2 Å². The van der Waals surface area contributed by atoms with Crippen molar-refractivity contribution in [3.63, 3.8) is 0 Å². The first kappa shape index (κ1) is 15.7. The van der Waals surface area contributed by atoms with Gasteiger partial charge in [0.25, 0.3) is 0 Å². The molecule has 19 heavy (non-hydrogen) atoms. The Kier molecular flexibility index (Phi) is 6.04. The quantitative estimate of drug-likeness (QED) is 0.797. The van der Waals surface area contributed by atoms with Gasteiger partial charge < -0.3 is 10.2 Å². The minimum Gasteiger partial charge on any atom is -0.314 e. The maximum absolute atomic E-state index is 3.75. The highest BCUT2D eigenvalue weighted by atomic mass is 32.2.